The second kappa shape index (κ2) is 7.00. The smallest absolute Gasteiger partial charge is 0.274 e. The summed E-state index contributed by atoms with van der Waals surface area (Å²) in [5.41, 5.74) is 2.81. The van der Waals surface area contributed by atoms with Crippen molar-refractivity contribution < 1.29 is 4.79 Å². The summed E-state index contributed by atoms with van der Waals surface area (Å²) in [6.45, 7) is 3.37. The third-order valence-electron chi connectivity index (χ3n) is 6.64. The van der Waals surface area contributed by atoms with Gasteiger partial charge >= 0.3 is 0 Å². The maximum atomic E-state index is 13.3. The number of fused-ring (bicyclic) bond motifs is 3. The van der Waals surface area contributed by atoms with Crippen LogP contribution in [0.1, 0.15) is 42.0 Å². The number of carbonyl (C=O) groups is 1. The molecule has 154 valence electrons. The molecule has 1 atom stereocenters. The molecule has 2 aromatic heterocycles. The Labute approximate surface area is 174 Å². The Bertz CT molecular complexity index is 1210. The fourth-order valence-electron chi connectivity index (χ4n) is 5.13. The Morgan fingerprint density at radius 2 is 2.00 bits per heavy atom. The van der Waals surface area contributed by atoms with Crippen molar-refractivity contribution in [1.82, 2.24) is 24.6 Å². The summed E-state index contributed by atoms with van der Waals surface area (Å²) in [7, 11) is 1.64. The molecule has 1 aromatic carbocycles. The number of aromatic nitrogens is 4. The zero-order valence-electron chi connectivity index (χ0n) is 17.4. The van der Waals surface area contributed by atoms with E-state index in [1.807, 2.05) is 36.2 Å². The van der Waals surface area contributed by atoms with Crippen LogP contribution >= 0.6 is 0 Å². The van der Waals surface area contributed by atoms with Crippen LogP contribution in [-0.4, -0.2) is 43.6 Å². The summed E-state index contributed by atoms with van der Waals surface area (Å²) in [5, 5.41) is 5.77. The summed E-state index contributed by atoms with van der Waals surface area (Å²) in [4.78, 5) is 36.8. The van der Waals surface area contributed by atoms with Crippen LogP contribution in [0.15, 0.2) is 35.3 Å². The van der Waals surface area contributed by atoms with Gasteiger partial charge in [0.05, 0.1) is 23.2 Å². The number of amides is 1. The van der Waals surface area contributed by atoms with E-state index in [9.17, 15) is 9.59 Å². The molecule has 1 aliphatic heterocycles. The number of carbonyl (C=O) groups excluding carboxylic acids is 1. The SMILES string of the molecule is Cc1ncc2c(n1)C1(CCCN(C(=O)Cc3nn(C)c(=O)c4ccccc34)C1)CC2. The lowest BCUT2D eigenvalue weighted by atomic mass is 9.77. The van der Waals surface area contributed by atoms with Gasteiger partial charge in [-0.05, 0) is 44.2 Å². The Hall–Kier alpha value is -3.09. The van der Waals surface area contributed by atoms with Crippen molar-refractivity contribution >= 4 is 16.7 Å². The van der Waals surface area contributed by atoms with Crippen molar-refractivity contribution in [2.75, 3.05) is 13.1 Å². The molecule has 1 unspecified atom stereocenters. The molecule has 1 fully saturated rings. The van der Waals surface area contributed by atoms with Crippen molar-refractivity contribution in [3.63, 3.8) is 0 Å². The minimum Gasteiger partial charge on any atom is -0.341 e. The van der Waals surface area contributed by atoms with E-state index in [4.69, 9.17) is 4.98 Å². The van der Waals surface area contributed by atoms with Crippen molar-refractivity contribution in [1.29, 1.82) is 0 Å². The maximum absolute atomic E-state index is 13.3. The Kier molecular flexibility index (Phi) is 4.41. The molecule has 0 N–H and O–H groups in total. The van der Waals surface area contributed by atoms with Gasteiger partial charge in [-0.15, -0.1) is 0 Å². The van der Waals surface area contributed by atoms with Gasteiger partial charge in [0, 0.05) is 37.1 Å². The molecule has 0 saturated carbocycles. The quantitative estimate of drug-likeness (QED) is 0.654. The molecular weight excluding hydrogens is 378 g/mol. The highest BCUT2D eigenvalue weighted by Crippen LogP contribution is 2.43. The van der Waals surface area contributed by atoms with Crippen LogP contribution < -0.4 is 5.56 Å². The lowest BCUT2D eigenvalue weighted by molar-refractivity contribution is -0.132. The first-order valence-electron chi connectivity index (χ1n) is 10.5. The van der Waals surface area contributed by atoms with Crippen LogP contribution in [0.3, 0.4) is 0 Å². The third-order valence-corrected chi connectivity index (χ3v) is 6.64. The number of nitrogens with zero attached hydrogens (tertiary/aromatic N) is 5. The van der Waals surface area contributed by atoms with E-state index in [1.165, 1.54) is 10.2 Å². The molecule has 1 amide bonds. The van der Waals surface area contributed by atoms with E-state index in [-0.39, 0.29) is 23.3 Å². The number of hydrogen-bond donors (Lipinski definition) is 0. The normalized spacial score (nSPS) is 20.7. The monoisotopic (exact) mass is 403 g/mol. The summed E-state index contributed by atoms with van der Waals surface area (Å²) in [6.07, 6.45) is 6.17. The highest BCUT2D eigenvalue weighted by molar-refractivity contribution is 5.88. The molecule has 7 nitrogen and oxygen atoms in total. The van der Waals surface area contributed by atoms with Crippen LogP contribution in [0.2, 0.25) is 0 Å². The molecule has 3 heterocycles. The molecule has 30 heavy (non-hydrogen) atoms. The van der Waals surface area contributed by atoms with Gasteiger partial charge in [0.15, 0.2) is 0 Å². The van der Waals surface area contributed by atoms with Crippen molar-refractivity contribution in [3.8, 4) is 0 Å². The van der Waals surface area contributed by atoms with Crippen LogP contribution in [0.25, 0.3) is 10.8 Å². The predicted molar refractivity (Wildman–Crippen MR) is 113 cm³/mol. The molecule has 0 bridgehead atoms. The fraction of sp³-hybridized carbons (Fsp3) is 0.435. The number of rotatable bonds is 2. The molecule has 1 aliphatic carbocycles. The Morgan fingerprint density at radius 1 is 1.20 bits per heavy atom. The van der Waals surface area contributed by atoms with Gasteiger partial charge in [-0.3, -0.25) is 9.59 Å². The zero-order valence-corrected chi connectivity index (χ0v) is 17.4. The number of aryl methyl sites for hydroxylation is 3. The highest BCUT2D eigenvalue weighted by Gasteiger charge is 2.44. The first kappa shape index (κ1) is 18.9. The first-order valence-corrected chi connectivity index (χ1v) is 10.5. The molecule has 0 radical (unpaired) electrons. The van der Waals surface area contributed by atoms with Crippen molar-refractivity contribution in [3.05, 3.63) is 63.6 Å². The number of hydrogen-bond acceptors (Lipinski definition) is 5. The Balaban J connectivity index is 1.44. The Morgan fingerprint density at radius 3 is 2.83 bits per heavy atom. The van der Waals surface area contributed by atoms with E-state index in [0.717, 1.165) is 49.1 Å². The number of likely N-dealkylation sites (tertiary alicyclic amines) is 1. The average molecular weight is 403 g/mol. The van der Waals surface area contributed by atoms with Gasteiger partial charge < -0.3 is 4.90 Å². The lowest BCUT2D eigenvalue weighted by Gasteiger charge is -2.40. The summed E-state index contributed by atoms with van der Waals surface area (Å²) in [5.74, 6) is 0.851. The first-order chi connectivity index (χ1) is 14.5. The van der Waals surface area contributed by atoms with Crippen LogP contribution in [0.5, 0.6) is 0 Å². The van der Waals surface area contributed by atoms with Crippen LogP contribution in [-0.2, 0) is 30.1 Å². The predicted octanol–water partition coefficient (Wildman–Crippen LogP) is 2.08. The molecule has 5 rings (SSSR count). The second-order valence-electron chi connectivity index (χ2n) is 8.59. The zero-order chi connectivity index (χ0) is 20.9. The van der Waals surface area contributed by atoms with Gasteiger partial charge in [-0.25, -0.2) is 14.6 Å². The number of piperidine rings is 1. The molecule has 1 spiro atoms. The van der Waals surface area contributed by atoms with Crippen LogP contribution in [0, 0.1) is 6.92 Å². The molecular formula is C23H25N5O2. The highest BCUT2D eigenvalue weighted by atomic mass is 16.2. The lowest BCUT2D eigenvalue weighted by Crippen LogP contribution is -2.48. The summed E-state index contributed by atoms with van der Waals surface area (Å²) >= 11 is 0. The van der Waals surface area contributed by atoms with Gasteiger partial charge in [0.1, 0.15) is 5.82 Å². The van der Waals surface area contributed by atoms with Gasteiger partial charge in [-0.1, -0.05) is 18.2 Å². The summed E-state index contributed by atoms with van der Waals surface area (Å²) < 4.78 is 1.33. The van der Waals surface area contributed by atoms with E-state index >= 15 is 0 Å². The van der Waals surface area contributed by atoms with E-state index in [2.05, 4.69) is 10.1 Å². The standard InChI is InChI=1S/C23H25N5O2/c1-15-24-13-16-8-10-23(21(16)25-15)9-5-11-28(14-23)20(29)12-19-17-6-3-4-7-18(17)22(30)27(2)26-19/h3-4,6-7,13H,5,8-12,14H2,1-2H3. The molecule has 7 heteroatoms. The number of benzene rings is 1. The van der Waals surface area contributed by atoms with Crippen LogP contribution in [0.4, 0.5) is 0 Å². The van der Waals surface area contributed by atoms with Crippen molar-refractivity contribution in [2.24, 2.45) is 7.05 Å². The van der Waals surface area contributed by atoms with Gasteiger partial charge in [0.25, 0.3) is 5.56 Å². The second-order valence-corrected chi connectivity index (χ2v) is 8.59. The molecule has 2 aliphatic rings. The van der Waals surface area contributed by atoms with Gasteiger partial charge in [0.2, 0.25) is 5.91 Å². The van der Waals surface area contributed by atoms with E-state index < -0.39 is 0 Å². The van der Waals surface area contributed by atoms with E-state index in [0.29, 0.717) is 17.6 Å². The minimum absolute atomic E-state index is 0.0595. The maximum Gasteiger partial charge on any atom is 0.274 e. The third kappa shape index (κ3) is 3.00. The molecule has 3 aromatic rings. The van der Waals surface area contributed by atoms with E-state index in [1.54, 1.807) is 13.1 Å². The molecule has 1 saturated heterocycles. The largest absolute Gasteiger partial charge is 0.341 e. The topological polar surface area (TPSA) is 81.0 Å². The average Bonchev–Trinajstić information content (AvgIpc) is 3.08. The van der Waals surface area contributed by atoms with Crippen molar-refractivity contribution in [2.45, 2.75) is 44.4 Å². The summed E-state index contributed by atoms with van der Waals surface area (Å²) in [6, 6.07) is 7.38. The fourth-order valence-corrected chi connectivity index (χ4v) is 5.13. The van der Waals surface area contributed by atoms with Gasteiger partial charge in [-0.2, -0.15) is 5.10 Å². The minimum atomic E-state index is -0.142.